The Bertz CT molecular complexity index is 633. The van der Waals surface area contributed by atoms with E-state index in [0.717, 1.165) is 29.0 Å². The average molecular weight is 304 g/mol. The number of carbonyl (C=O) groups excluding carboxylic acids is 1. The third-order valence-corrected chi connectivity index (χ3v) is 4.40. The number of nitrogens with one attached hydrogen (secondary N) is 2. The molecular formula is C16H20N2O2S. The summed E-state index contributed by atoms with van der Waals surface area (Å²) in [6, 6.07) is 9.83. The summed E-state index contributed by atoms with van der Waals surface area (Å²) < 4.78 is 0. The second-order valence-corrected chi connectivity index (χ2v) is 6.01. The first-order valence-corrected chi connectivity index (χ1v) is 7.99. The number of amides is 1. The Morgan fingerprint density at radius 1 is 1.33 bits per heavy atom. The third-order valence-electron chi connectivity index (χ3n) is 3.68. The summed E-state index contributed by atoms with van der Waals surface area (Å²) in [5.74, 6) is 0.0954. The number of aromatic nitrogens is 1. The van der Waals surface area contributed by atoms with Crippen molar-refractivity contribution in [2.24, 2.45) is 5.92 Å². The molecule has 0 saturated carbocycles. The van der Waals surface area contributed by atoms with Gasteiger partial charge in [-0.25, -0.2) is 0 Å². The average Bonchev–Trinajstić information content (AvgIpc) is 2.92. The topological polar surface area (TPSA) is 62.0 Å². The molecule has 1 aromatic carbocycles. The van der Waals surface area contributed by atoms with E-state index >= 15 is 0 Å². The van der Waals surface area contributed by atoms with Crippen LogP contribution in [0.5, 0.6) is 0 Å². The second kappa shape index (κ2) is 7.22. The van der Waals surface area contributed by atoms with Crippen LogP contribution in [0.3, 0.4) is 0 Å². The maximum atomic E-state index is 12.5. The Kier molecular flexibility index (Phi) is 5.33. The highest BCUT2D eigenvalue weighted by molar-refractivity contribution is 7.07. The van der Waals surface area contributed by atoms with E-state index in [9.17, 15) is 9.59 Å². The molecule has 5 heteroatoms. The predicted molar refractivity (Wildman–Crippen MR) is 85.4 cm³/mol. The fourth-order valence-electron chi connectivity index (χ4n) is 2.33. The van der Waals surface area contributed by atoms with Crippen LogP contribution in [0.15, 0.2) is 40.5 Å². The SMILES string of the molecule is CC[C@@H](C)[C@H](C(=O)NCc1csc(=O)[nH]1)c1ccccc1. The van der Waals surface area contributed by atoms with Crippen LogP contribution >= 0.6 is 11.3 Å². The minimum atomic E-state index is -0.165. The van der Waals surface area contributed by atoms with Gasteiger partial charge in [-0.1, -0.05) is 61.9 Å². The van der Waals surface area contributed by atoms with E-state index in [2.05, 4.69) is 24.1 Å². The number of carbonyl (C=O) groups is 1. The van der Waals surface area contributed by atoms with Gasteiger partial charge in [0.2, 0.25) is 5.91 Å². The zero-order valence-corrected chi connectivity index (χ0v) is 13.1. The van der Waals surface area contributed by atoms with E-state index < -0.39 is 0 Å². The normalized spacial score (nSPS) is 13.6. The lowest BCUT2D eigenvalue weighted by atomic mass is 9.85. The monoisotopic (exact) mass is 304 g/mol. The predicted octanol–water partition coefficient (Wildman–Crippen LogP) is 2.88. The number of hydrogen-bond donors (Lipinski definition) is 2. The van der Waals surface area contributed by atoms with E-state index in [1.807, 2.05) is 30.3 Å². The van der Waals surface area contributed by atoms with Crippen LogP contribution in [0.1, 0.15) is 37.4 Å². The van der Waals surface area contributed by atoms with Gasteiger partial charge in [0, 0.05) is 11.1 Å². The lowest BCUT2D eigenvalue weighted by Gasteiger charge is -2.22. The largest absolute Gasteiger partial charge is 0.350 e. The Hall–Kier alpha value is -1.88. The van der Waals surface area contributed by atoms with Crippen molar-refractivity contribution in [2.75, 3.05) is 0 Å². The molecule has 0 aliphatic rings. The Balaban J connectivity index is 2.09. The van der Waals surface area contributed by atoms with E-state index in [1.54, 1.807) is 5.38 Å². The van der Waals surface area contributed by atoms with E-state index in [4.69, 9.17) is 0 Å². The first-order chi connectivity index (χ1) is 10.1. The molecule has 0 bridgehead atoms. The maximum Gasteiger partial charge on any atom is 0.304 e. The standard InChI is InChI=1S/C16H20N2O2S/c1-3-11(2)14(12-7-5-4-6-8-12)15(19)17-9-13-10-21-16(20)18-13/h4-8,10-11,14H,3,9H2,1-2H3,(H,17,19)(H,18,20)/t11-,14+/m1/s1. The van der Waals surface area contributed by atoms with Gasteiger partial charge in [0.15, 0.2) is 0 Å². The summed E-state index contributed by atoms with van der Waals surface area (Å²) in [7, 11) is 0. The molecule has 0 spiro atoms. The van der Waals surface area contributed by atoms with Crippen LogP contribution in [-0.2, 0) is 11.3 Å². The van der Waals surface area contributed by atoms with Gasteiger partial charge in [-0.05, 0) is 11.5 Å². The summed E-state index contributed by atoms with van der Waals surface area (Å²) in [5.41, 5.74) is 1.78. The summed E-state index contributed by atoms with van der Waals surface area (Å²) in [6.07, 6.45) is 0.933. The number of hydrogen-bond acceptors (Lipinski definition) is 3. The number of rotatable bonds is 6. The van der Waals surface area contributed by atoms with Gasteiger partial charge in [-0.2, -0.15) is 0 Å². The fraction of sp³-hybridized carbons (Fsp3) is 0.375. The first kappa shape index (κ1) is 15.5. The van der Waals surface area contributed by atoms with Crippen molar-refractivity contribution < 1.29 is 4.79 Å². The molecule has 1 heterocycles. The van der Waals surface area contributed by atoms with E-state index in [1.165, 1.54) is 0 Å². The zero-order valence-electron chi connectivity index (χ0n) is 12.3. The molecule has 1 amide bonds. The zero-order chi connectivity index (χ0) is 15.2. The maximum absolute atomic E-state index is 12.5. The molecule has 112 valence electrons. The van der Waals surface area contributed by atoms with Gasteiger partial charge >= 0.3 is 4.87 Å². The van der Waals surface area contributed by atoms with E-state index in [0.29, 0.717) is 6.54 Å². The van der Waals surface area contributed by atoms with Gasteiger partial charge in [-0.15, -0.1) is 0 Å². The van der Waals surface area contributed by atoms with Gasteiger partial charge in [-0.3, -0.25) is 9.59 Å². The van der Waals surface area contributed by atoms with Gasteiger partial charge in [0.25, 0.3) is 0 Å². The number of H-pyrrole nitrogens is 1. The minimum absolute atomic E-state index is 0.00241. The van der Waals surface area contributed by atoms with Crippen LogP contribution < -0.4 is 10.2 Å². The van der Waals surface area contributed by atoms with Crippen LogP contribution in [0, 0.1) is 5.92 Å². The molecule has 0 saturated heterocycles. The van der Waals surface area contributed by atoms with Crippen molar-refractivity contribution in [3.8, 4) is 0 Å². The highest BCUT2D eigenvalue weighted by Crippen LogP contribution is 2.27. The van der Waals surface area contributed by atoms with Crippen molar-refractivity contribution in [1.82, 2.24) is 10.3 Å². The molecule has 2 rings (SSSR count). The molecular weight excluding hydrogens is 284 g/mol. The molecule has 2 aromatic rings. The first-order valence-electron chi connectivity index (χ1n) is 7.11. The lowest BCUT2D eigenvalue weighted by molar-refractivity contribution is -0.123. The van der Waals surface area contributed by atoms with Crippen molar-refractivity contribution in [2.45, 2.75) is 32.7 Å². The van der Waals surface area contributed by atoms with Gasteiger partial charge in [0.05, 0.1) is 12.5 Å². The number of aromatic amines is 1. The number of benzene rings is 1. The quantitative estimate of drug-likeness (QED) is 0.862. The van der Waals surface area contributed by atoms with Crippen LogP contribution in [0.2, 0.25) is 0 Å². The van der Waals surface area contributed by atoms with Gasteiger partial charge in [0.1, 0.15) is 0 Å². The highest BCUT2D eigenvalue weighted by atomic mass is 32.1. The summed E-state index contributed by atoms with van der Waals surface area (Å²) in [4.78, 5) is 26.2. The molecule has 21 heavy (non-hydrogen) atoms. The summed E-state index contributed by atoms with van der Waals surface area (Å²) in [5, 5.41) is 4.66. The second-order valence-electron chi connectivity index (χ2n) is 5.17. The molecule has 0 unspecified atom stereocenters. The summed E-state index contributed by atoms with van der Waals surface area (Å²) >= 11 is 1.11. The molecule has 2 atom stereocenters. The molecule has 2 N–H and O–H groups in total. The van der Waals surface area contributed by atoms with Crippen LogP contribution in [-0.4, -0.2) is 10.9 Å². The molecule has 0 aliphatic carbocycles. The van der Waals surface area contributed by atoms with E-state index in [-0.39, 0.29) is 22.6 Å². The van der Waals surface area contributed by atoms with Crippen molar-refractivity contribution in [1.29, 1.82) is 0 Å². The van der Waals surface area contributed by atoms with Crippen molar-refractivity contribution >= 4 is 17.2 Å². The molecule has 0 fully saturated rings. The minimum Gasteiger partial charge on any atom is -0.350 e. The number of thiazole rings is 1. The molecule has 4 nitrogen and oxygen atoms in total. The smallest absolute Gasteiger partial charge is 0.304 e. The van der Waals surface area contributed by atoms with Crippen LogP contribution in [0.25, 0.3) is 0 Å². The summed E-state index contributed by atoms with van der Waals surface area (Å²) in [6.45, 7) is 4.53. The highest BCUT2D eigenvalue weighted by Gasteiger charge is 2.25. The van der Waals surface area contributed by atoms with Gasteiger partial charge < -0.3 is 10.3 Å². The molecule has 0 aliphatic heterocycles. The molecule has 0 radical (unpaired) electrons. The molecule has 1 aromatic heterocycles. The van der Waals surface area contributed by atoms with Crippen molar-refractivity contribution in [3.05, 3.63) is 56.6 Å². The Morgan fingerprint density at radius 2 is 2.05 bits per heavy atom. The Labute approximate surface area is 128 Å². The van der Waals surface area contributed by atoms with Crippen molar-refractivity contribution in [3.63, 3.8) is 0 Å². The fourth-order valence-corrected chi connectivity index (χ4v) is 2.91. The lowest BCUT2D eigenvalue weighted by Crippen LogP contribution is -2.32. The Morgan fingerprint density at radius 3 is 2.62 bits per heavy atom. The van der Waals surface area contributed by atoms with Crippen LogP contribution in [0.4, 0.5) is 0 Å². The third kappa shape index (κ3) is 4.04.